The molecule has 0 aromatic carbocycles. The normalized spacial score (nSPS) is 25.2. The zero-order valence-electron chi connectivity index (χ0n) is 19.7. The summed E-state index contributed by atoms with van der Waals surface area (Å²) in [6, 6.07) is 5.74. The Morgan fingerprint density at radius 2 is 1.97 bits per heavy atom. The number of pyridine rings is 2. The summed E-state index contributed by atoms with van der Waals surface area (Å²) in [5.41, 5.74) is 2.81. The van der Waals surface area contributed by atoms with E-state index in [0.29, 0.717) is 36.9 Å². The van der Waals surface area contributed by atoms with Crippen molar-refractivity contribution in [3.05, 3.63) is 52.2 Å². The number of aryl methyl sites for hydroxylation is 2. The van der Waals surface area contributed by atoms with Gasteiger partial charge in [-0.3, -0.25) is 9.59 Å². The van der Waals surface area contributed by atoms with Crippen molar-refractivity contribution in [2.75, 3.05) is 18.5 Å². The molecule has 0 spiro atoms. The average molecular weight is 477 g/mol. The predicted octanol–water partition coefficient (Wildman–Crippen LogP) is 2.09. The van der Waals surface area contributed by atoms with Crippen molar-refractivity contribution in [1.82, 2.24) is 24.8 Å². The molecule has 7 rings (SSSR count). The Balaban J connectivity index is 1.10. The second-order valence-electron chi connectivity index (χ2n) is 9.95. The number of ether oxygens (including phenoxy) is 2. The summed E-state index contributed by atoms with van der Waals surface area (Å²) in [5, 5.41) is 6.44. The van der Waals surface area contributed by atoms with E-state index in [1.54, 1.807) is 10.8 Å². The van der Waals surface area contributed by atoms with Gasteiger partial charge in [0.1, 0.15) is 0 Å². The molecule has 6 heterocycles. The van der Waals surface area contributed by atoms with Gasteiger partial charge in [0.15, 0.2) is 23.8 Å². The van der Waals surface area contributed by atoms with Crippen LogP contribution >= 0.6 is 0 Å². The molecule has 0 radical (unpaired) electrons. The highest BCUT2D eigenvalue weighted by atomic mass is 16.5. The maximum Gasteiger partial charge on any atom is 0.269 e. The topological polar surface area (TPSA) is 120 Å². The minimum atomic E-state index is -0.207. The van der Waals surface area contributed by atoms with Crippen molar-refractivity contribution in [1.29, 1.82) is 0 Å². The van der Waals surface area contributed by atoms with Gasteiger partial charge in [-0.15, -0.1) is 0 Å². The highest BCUT2D eigenvalue weighted by Gasteiger charge is 2.49. The number of nitrogens with one attached hydrogen (secondary N) is 2. The molecule has 3 fully saturated rings. The van der Waals surface area contributed by atoms with Gasteiger partial charge >= 0.3 is 0 Å². The molecule has 182 valence electrons. The molecule has 0 atom stereocenters. The number of carbonyl (C=O) groups is 1. The SMILES string of the molecule is Cc1cnc2ncc(=O)n(CCC34CCC(NCc5ccc6c(n5)NC(=O)CO6)(CC3)CO4)c2c1. The second-order valence-corrected chi connectivity index (χ2v) is 9.95. The second kappa shape index (κ2) is 8.39. The monoisotopic (exact) mass is 476 g/mol. The molecule has 1 amide bonds. The minimum Gasteiger partial charge on any atom is -0.480 e. The van der Waals surface area contributed by atoms with E-state index in [4.69, 9.17) is 9.47 Å². The third-order valence-electron chi connectivity index (χ3n) is 7.58. The van der Waals surface area contributed by atoms with Crippen LogP contribution in [0.4, 0.5) is 5.82 Å². The Morgan fingerprint density at radius 3 is 2.77 bits per heavy atom. The van der Waals surface area contributed by atoms with E-state index < -0.39 is 0 Å². The Kier molecular flexibility index (Phi) is 5.30. The average Bonchev–Trinajstić information content (AvgIpc) is 2.88. The van der Waals surface area contributed by atoms with Crippen molar-refractivity contribution in [3.8, 4) is 5.75 Å². The molecule has 3 aromatic rings. The third-order valence-corrected chi connectivity index (χ3v) is 7.58. The van der Waals surface area contributed by atoms with Crippen molar-refractivity contribution < 1.29 is 14.3 Å². The number of nitrogens with zero attached hydrogens (tertiary/aromatic N) is 4. The standard InChI is InChI=1S/C25H28N6O4/c1-16-10-18-22(26-11-16)27-13-21(33)31(18)9-8-25-6-4-24(5-7-25,15-35-25)28-12-17-2-3-19-23(29-17)30-20(32)14-34-19/h2-3,10-11,13,28H,4-9,12,14-15H2,1H3,(H,29,30,32). The summed E-state index contributed by atoms with van der Waals surface area (Å²) < 4.78 is 13.6. The van der Waals surface area contributed by atoms with E-state index in [0.717, 1.165) is 48.9 Å². The van der Waals surface area contributed by atoms with Gasteiger partial charge in [-0.1, -0.05) is 0 Å². The first kappa shape index (κ1) is 22.1. The predicted molar refractivity (Wildman–Crippen MR) is 128 cm³/mol. The third kappa shape index (κ3) is 4.17. The summed E-state index contributed by atoms with van der Waals surface area (Å²) in [6.45, 7) is 3.79. The summed E-state index contributed by atoms with van der Waals surface area (Å²) in [6.07, 6.45) is 7.79. The molecule has 35 heavy (non-hydrogen) atoms. The molecule has 0 unspecified atom stereocenters. The number of rotatable bonds is 6. The fourth-order valence-corrected chi connectivity index (χ4v) is 5.39. The first-order valence-electron chi connectivity index (χ1n) is 12.1. The number of fused-ring (bicyclic) bond motifs is 5. The summed E-state index contributed by atoms with van der Waals surface area (Å²) >= 11 is 0. The van der Waals surface area contributed by atoms with E-state index in [-0.39, 0.29) is 29.2 Å². The van der Waals surface area contributed by atoms with Crippen LogP contribution in [0.25, 0.3) is 11.2 Å². The number of anilines is 1. The van der Waals surface area contributed by atoms with Crippen molar-refractivity contribution in [3.63, 3.8) is 0 Å². The Hall–Kier alpha value is -3.37. The van der Waals surface area contributed by atoms with Gasteiger partial charge in [0.05, 0.1) is 29.6 Å². The van der Waals surface area contributed by atoms with Crippen LogP contribution in [0.5, 0.6) is 5.75 Å². The Morgan fingerprint density at radius 1 is 1.14 bits per heavy atom. The minimum absolute atomic E-state index is 0.0248. The highest BCUT2D eigenvalue weighted by Crippen LogP contribution is 2.45. The summed E-state index contributed by atoms with van der Waals surface area (Å²) in [4.78, 5) is 37.3. The van der Waals surface area contributed by atoms with Gasteiger partial charge in [0.2, 0.25) is 0 Å². The fraction of sp³-hybridized carbons (Fsp3) is 0.480. The van der Waals surface area contributed by atoms with E-state index in [1.165, 1.54) is 6.20 Å². The van der Waals surface area contributed by atoms with Crippen molar-refractivity contribution >= 4 is 22.9 Å². The highest BCUT2D eigenvalue weighted by molar-refractivity contribution is 5.94. The molecule has 1 aliphatic carbocycles. The lowest BCUT2D eigenvalue weighted by Gasteiger charge is -2.53. The molecule has 10 nitrogen and oxygen atoms in total. The van der Waals surface area contributed by atoms with E-state index in [1.807, 2.05) is 25.1 Å². The van der Waals surface area contributed by atoms with E-state index >= 15 is 0 Å². The molecular weight excluding hydrogens is 448 g/mol. The van der Waals surface area contributed by atoms with E-state index in [2.05, 4.69) is 25.6 Å². The lowest BCUT2D eigenvalue weighted by Crippen LogP contribution is -2.61. The fourth-order valence-electron chi connectivity index (χ4n) is 5.39. The molecular formula is C25H28N6O4. The lowest BCUT2D eigenvalue weighted by molar-refractivity contribution is -0.167. The van der Waals surface area contributed by atoms with E-state index in [9.17, 15) is 9.59 Å². The number of carbonyl (C=O) groups excluding carboxylic acids is 1. The molecule has 4 aliphatic rings. The van der Waals surface area contributed by atoms with Gasteiger partial charge in [-0.25, -0.2) is 15.0 Å². The molecule has 3 aliphatic heterocycles. The van der Waals surface area contributed by atoms with Crippen LogP contribution < -0.4 is 20.9 Å². The van der Waals surface area contributed by atoms with Gasteiger partial charge in [0, 0.05) is 24.8 Å². The Bertz CT molecular complexity index is 1350. The molecule has 2 bridgehead atoms. The van der Waals surface area contributed by atoms with Gasteiger partial charge < -0.3 is 24.7 Å². The van der Waals surface area contributed by atoms with Gasteiger partial charge in [0.25, 0.3) is 11.5 Å². The van der Waals surface area contributed by atoms with Crippen LogP contribution in [0.2, 0.25) is 0 Å². The molecule has 3 aromatic heterocycles. The lowest BCUT2D eigenvalue weighted by atomic mass is 9.70. The van der Waals surface area contributed by atoms with Crippen LogP contribution in [0, 0.1) is 6.92 Å². The largest absolute Gasteiger partial charge is 0.480 e. The molecule has 1 saturated carbocycles. The van der Waals surface area contributed by atoms with Crippen LogP contribution in [-0.2, 0) is 22.6 Å². The summed E-state index contributed by atoms with van der Waals surface area (Å²) in [7, 11) is 0. The smallest absolute Gasteiger partial charge is 0.269 e. The number of hydrogen-bond acceptors (Lipinski definition) is 8. The first-order chi connectivity index (χ1) is 16.9. The zero-order valence-corrected chi connectivity index (χ0v) is 19.7. The first-order valence-corrected chi connectivity index (χ1v) is 12.1. The van der Waals surface area contributed by atoms with Crippen LogP contribution in [0.1, 0.15) is 43.4 Å². The Labute approximate surface area is 202 Å². The molecule has 10 heteroatoms. The number of aromatic nitrogens is 4. The molecule has 2 saturated heterocycles. The van der Waals surface area contributed by atoms with Gasteiger partial charge in [-0.05, 0) is 62.8 Å². The van der Waals surface area contributed by atoms with Crippen molar-refractivity contribution in [2.45, 2.75) is 63.3 Å². The van der Waals surface area contributed by atoms with Crippen LogP contribution in [0.3, 0.4) is 0 Å². The summed E-state index contributed by atoms with van der Waals surface area (Å²) in [5.74, 6) is 0.887. The van der Waals surface area contributed by atoms with Crippen LogP contribution in [0.15, 0.2) is 35.4 Å². The van der Waals surface area contributed by atoms with Crippen molar-refractivity contribution in [2.24, 2.45) is 0 Å². The van der Waals surface area contributed by atoms with Gasteiger partial charge in [-0.2, -0.15) is 0 Å². The number of amides is 1. The maximum atomic E-state index is 12.6. The quantitative estimate of drug-likeness (QED) is 0.555. The number of hydrogen-bond donors (Lipinski definition) is 2. The van der Waals surface area contributed by atoms with Crippen LogP contribution in [-0.4, -0.2) is 49.8 Å². The maximum absolute atomic E-state index is 12.6. The zero-order chi connectivity index (χ0) is 24.0. The molecule has 2 N–H and O–H groups in total.